The topological polar surface area (TPSA) is 55.8 Å². The van der Waals surface area contributed by atoms with Gasteiger partial charge in [0, 0.05) is 19.1 Å². The lowest BCUT2D eigenvalue weighted by Gasteiger charge is -2.44. The molecule has 4 atom stereocenters. The van der Waals surface area contributed by atoms with Gasteiger partial charge in [0.2, 0.25) is 0 Å². The average Bonchev–Trinajstić information content (AvgIpc) is 3.42. The number of allylic oxidation sites excluding steroid dienone is 16. The highest BCUT2D eigenvalue weighted by atomic mass is 16.5. The van der Waals surface area contributed by atoms with Crippen LogP contribution in [0.2, 0.25) is 0 Å². The minimum atomic E-state index is -0.390. The fourth-order valence-corrected chi connectivity index (χ4v) is 6.99. The highest BCUT2D eigenvalue weighted by Gasteiger charge is 2.50. The summed E-state index contributed by atoms with van der Waals surface area (Å²) in [6, 6.07) is 0. The van der Waals surface area contributed by atoms with Crippen molar-refractivity contribution < 1.29 is 19.4 Å². The Labute approximate surface area is 273 Å². The molecule has 1 heterocycles. The molecule has 1 N–H and O–H groups in total. The third-order valence-corrected chi connectivity index (χ3v) is 9.30. The van der Waals surface area contributed by atoms with E-state index in [0.717, 1.165) is 46.3 Å². The van der Waals surface area contributed by atoms with E-state index in [9.17, 15) is 9.90 Å². The molecule has 1 unspecified atom stereocenters. The van der Waals surface area contributed by atoms with Crippen molar-refractivity contribution >= 4 is 5.78 Å². The number of methoxy groups -OCH3 is 1. The number of rotatable bonds is 11. The molecule has 0 radical (unpaired) electrons. The van der Waals surface area contributed by atoms with Crippen molar-refractivity contribution in [2.75, 3.05) is 7.11 Å². The first-order chi connectivity index (χ1) is 21.0. The summed E-state index contributed by atoms with van der Waals surface area (Å²) in [6.07, 6.45) is 29.0. The van der Waals surface area contributed by atoms with Gasteiger partial charge in [0.1, 0.15) is 0 Å². The van der Waals surface area contributed by atoms with Crippen molar-refractivity contribution in [2.45, 2.75) is 112 Å². The van der Waals surface area contributed by atoms with Gasteiger partial charge in [-0.25, -0.2) is 0 Å². The molecular formula is C41H56O4. The van der Waals surface area contributed by atoms with E-state index in [0.29, 0.717) is 6.42 Å². The van der Waals surface area contributed by atoms with Crippen LogP contribution in [0.3, 0.4) is 0 Å². The van der Waals surface area contributed by atoms with Gasteiger partial charge in [-0.2, -0.15) is 0 Å². The first kappa shape index (κ1) is 36.4. The minimum absolute atomic E-state index is 0.0549. The van der Waals surface area contributed by atoms with Crippen LogP contribution in [-0.2, 0) is 14.3 Å². The van der Waals surface area contributed by atoms with Crippen molar-refractivity contribution in [3.05, 3.63) is 118 Å². The summed E-state index contributed by atoms with van der Waals surface area (Å²) in [4.78, 5) is 12.3. The summed E-state index contributed by atoms with van der Waals surface area (Å²) in [6.45, 7) is 20.8. The SMILES string of the molecule is COC1CC(C)(C)C(/C=C/C(C)=C/C=C/C(C)=C/C=C/C=C(C)/C=C/C=C(\C)[C@H]2C=C3C(C)(C)C[C@H](O)C[C@@]3(C)O2)=C1C(C)=O. The fourth-order valence-electron chi connectivity index (χ4n) is 6.99. The average molecular weight is 613 g/mol. The molecule has 3 rings (SSSR count). The van der Waals surface area contributed by atoms with Crippen molar-refractivity contribution in [1.29, 1.82) is 0 Å². The Balaban J connectivity index is 1.55. The summed E-state index contributed by atoms with van der Waals surface area (Å²) in [5.74, 6) is 0.0847. The molecule has 0 bridgehead atoms. The fraction of sp³-hybridized carbons (Fsp3) is 0.488. The first-order valence-electron chi connectivity index (χ1n) is 16.3. The highest BCUT2D eigenvalue weighted by molar-refractivity contribution is 5.96. The number of carbonyl (C=O) groups is 1. The molecule has 0 saturated heterocycles. The van der Waals surface area contributed by atoms with Gasteiger partial charge in [0.25, 0.3) is 0 Å². The molecule has 0 aromatic heterocycles. The third kappa shape index (κ3) is 9.48. The summed E-state index contributed by atoms with van der Waals surface area (Å²) in [5.41, 5.74) is 7.23. The molecule has 45 heavy (non-hydrogen) atoms. The predicted molar refractivity (Wildman–Crippen MR) is 189 cm³/mol. The van der Waals surface area contributed by atoms with Gasteiger partial charge in [-0.15, -0.1) is 0 Å². The van der Waals surface area contributed by atoms with Gasteiger partial charge in [-0.3, -0.25) is 4.79 Å². The number of hydrogen-bond donors (Lipinski definition) is 1. The number of hydrogen-bond acceptors (Lipinski definition) is 4. The zero-order valence-corrected chi connectivity index (χ0v) is 29.5. The molecule has 0 amide bonds. The molecule has 1 saturated carbocycles. The van der Waals surface area contributed by atoms with E-state index in [2.05, 4.69) is 141 Å². The Kier molecular flexibility index (Phi) is 12.2. The number of fused-ring (bicyclic) bond motifs is 1. The monoisotopic (exact) mass is 612 g/mol. The maximum atomic E-state index is 12.3. The van der Waals surface area contributed by atoms with Crippen LogP contribution >= 0.6 is 0 Å². The molecule has 1 fully saturated rings. The van der Waals surface area contributed by atoms with Crippen molar-refractivity contribution in [1.82, 2.24) is 0 Å². The molecule has 0 spiro atoms. The van der Waals surface area contributed by atoms with E-state index in [4.69, 9.17) is 9.47 Å². The third-order valence-electron chi connectivity index (χ3n) is 9.30. The maximum Gasteiger partial charge on any atom is 0.158 e. The number of aliphatic hydroxyl groups excluding tert-OH is 1. The lowest BCUT2D eigenvalue weighted by molar-refractivity contribution is -0.114. The number of carbonyl (C=O) groups excluding carboxylic acids is 1. The molecule has 0 aromatic rings. The van der Waals surface area contributed by atoms with Crippen LogP contribution in [0.1, 0.15) is 88.5 Å². The first-order valence-corrected chi connectivity index (χ1v) is 16.3. The van der Waals surface area contributed by atoms with Gasteiger partial charge in [-0.05, 0) is 88.0 Å². The molecule has 4 heteroatoms. The summed E-state index contributed by atoms with van der Waals surface area (Å²) in [7, 11) is 1.68. The zero-order chi connectivity index (χ0) is 33.6. The molecular weight excluding hydrogens is 556 g/mol. The quantitative estimate of drug-likeness (QED) is 0.186. The summed E-state index contributed by atoms with van der Waals surface area (Å²) < 4.78 is 12.1. The Morgan fingerprint density at radius 3 is 1.93 bits per heavy atom. The summed E-state index contributed by atoms with van der Waals surface area (Å²) in [5, 5.41) is 10.4. The second-order valence-electron chi connectivity index (χ2n) is 14.6. The van der Waals surface area contributed by atoms with Crippen molar-refractivity contribution in [3.8, 4) is 0 Å². The maximum absolute atomic E-state index is 12.3. The van der Waals surface area contributed by atoms with E-state index < -0.39 is 0 Å². The molecule has 4 nitrogen and oxygen atoms in total. The Morgan fingerprint density at radius 2 is 1.36 bits per heavy atom. The van der Waals surface area contributed by atoms with Gasteiger partial charge in [0.15, 0.2) is 5.78 Å². The highest BCUT2D eigenvalue weighted by Crippen LogP contribution is 2.52. The van der Waals surface area contributed by atoms with E-state index in [1.165, 1.54) is 5.57 Å². The van der Waals surface area contributed by atoms with Gasteiger partial charge < -0.3 is 14.6 Å². The normalized spacial score (nSPS) is 29.6. The van der Waals surface area contributed by atoms with Crippen LogP contribution in [0, 0.1) is 10.8 Å². The molecule has 2 aliphatic carbocycles. The van der Waals surface area contributed by atoms with Crippen LogP contribution in [0.5, 0.6) is 0 Å². The van der Waals surface area contributed by atoms with Gasteiger partial charge >= 0.3 is 0 Å². The van der Waals surface area contributed by atoms with Gasteiger partial charge in [0.05, 0.1) is 23.9 Å². The number of ether oxygens (including phenoxy) is 2. The smallest absolute Gasteiger partial charge is 0.158 e. The van der Waals surface area contributed by atoms with Crippen LogP contribution in [0.25, 0.3) is 0 Å². The van der Waals surface area contributed by atoms with Crippen LogP contribution in [-0.4, -0.2) is 41.9 Å². The lowest BCUT2D eigenvalue weighted by atomic mass is 9.65. The number of aliphatic hydroxyl groups is 1. The van der Waals surface area contributed by atoms with Gasteiger partial charge in [-0.1, -0.05) is 117 Å². The standard InChI is InChI=1S/C41H56O4/c1-28(18-14-19-30(3)22-23-34-38(32(5)42)36(44-11)27-39(34,6)7)16-12-13-17-29(2)20-15-21-31(4)35-24-37-40(8,9)25-33(43)26-41(37,10)45-35/h12-24,33,35-36,43H,25-27H2,1-11H3/b13-12+,18-14+,20-15+,23-22+,28-16+,29-17+,30-19+,31-21+/t33-,35+,36?,41+/m0/s1. The largest absolute Gasteiger partial charge is 0.393 e. The Hall–Kier alpha value is -3.05. The molecule has 1 aliphatic heterocycles. The van der Waals surface area contributed by atoms with E-state index in [1.807, 2.05) is 0 Å². The van der Waals surface area contributed by atoms with Crippen LogP contribution in [0.4, 0.5) is 0 Å². The lowest BCUT2D eigenvalue weighted by Crippen LogP contribution is -2.45. The van der Waals surface area contributed by atoms with Crippen molar-refractivity contribution in [3.63, 3.8) is 0 Å². The Morgan fingerprint density at radius 1 is 0.800 bits per heavy atom. The second-order valence-corrected chi connectivity index (χ2v) is 14.6. The summed E-state index contributed by atoms with van der Waals surface area (Å²) >= 11 is 0. The zero-order valence-electron chi connectivity index (χ0n) is 29.5. The molecule has 0 aromatic carbocycles. The number of Topliss-reactive ketones (excluding diaryl/α,β-unsaturated/α-hetero) is 1. The van der Waals surface area contributed by atoms with E-state index in [1.54, 1.807) is 14.0 Å². The molecule has 244 valence electrons. The Bertz CT molecular complexity index is 1430. The second kappa shape index (κ2) is 15.0. The molecule has 3 aliphatic rings. The van der Waals surface area contributed by atoms with E-state index >= 15 is 0 Å². The van der Waals surface area contributed by atoms with Crippen LogP contribution in [0.15, 0.2) is 118 Å². The van der Waals surface area contributed by atoms with E-state index in [-0.39, 0.29) is 40.5 Å². The minimum Gasteiger partial charge on any atom is -0.393 e. The van der Waals surface area contributed by atoms with Crippen molar-refractivity contribution in [2.24, 2.45) is 10.8 Å². The number of ketones is 1. The van der Waals surface area contributed by atoms with Crippen LogP contribution < -0.4 is 0 Å². The predicted octanol–water partition coefficient (Wildman–Crippen LogP) is 9.59.